The summed E-state index contributed by atoms with van der Waals surface area (Å²) in [5, 5.41) is 22.5. The summed E-state index contributed by atoms with van der Waals surface area (Å²) in [5.41, 5.74) is -0.770. The molecule has 1 heterocycles. The van der Waals surface area contributed by atoms with Gasteiger partial charge in [0, 0.05) is 50.4 Å². The van der Waals surface area contributed by atoms with Crippen LogP contribution in [0, 0.1) is 16.7 Å². The first-order valence-corrected chi connectivity index (χ1v) is 13.6. The average molecular weight is 547 g/mol. The number of Topliss-reactive ketones (excluding diaryl/α,β-unsaturated/α-hetero) is 1. The zero-order chi connectivity index (χ0) is 28.9. The summed E-state index contributed by atoms with van der Waals surface area (Å²) in [7, 11) is 7.29. The molecule has 39 heavy (non-hydrogen) atoms. The molecule has 0 amide bonds. The molecule has 0 spiro atoms. The molecule has 0 aromatic carbocycles. The summed E-state index contributed by atoms with van der Waals surface area (Å²) in [5.74, 6) is -2.62. The molecule has 4 aliphatic rings. The average Bonchev–Trinajstić information content (AvgIpc) is 3.13. The molecular weight excluding hydrogens is 504 g/mol. The highest BCUT2D eigenvalue weighted by molar-refractivity contribution is 6.13. The van der Waals surface area contributed by atoms with E-state index in [9.17, 15) is 24.6 Å². The summed E-state index contributed by atoms with van der Waals surface area (Å²) >= 11 is 0. The molecule has 2 fully saturated rings. The number of fused-ring (bicyclic) bond motifs is 4. The Balaban J connectivity index is 1.91. The fourth-order valence-electron chi connectivity index (χ4n) is 7.19. The molecule has 0 aromatic rings. The third-order valence-corrected chi connectivity index (χ3v) is 9.12. The lowest BCUT2D eigenvalue weighted by Gasteiger charge is -2.54. The van der Waals surface area contributed by atoms with Gasteiger partial charge in [-0.15, -0.1) is 0 Å². The maximum absolute atomic E-state index is 14.0. The molecule has 1 saturated heterocycles. The van der Waals surface area contributed by atoms with Crippen LogP contribution in [0.1, 0.15) is 46.5 Å². The van der Waals surface area contributed by atoms with Crippen LogP contribution in [0.4, 0.5) is 0 Å². The molecule has 4 rings (SSSR count). The van der Waals surface area contributed by atoms with Gasteiger partial charge >= 0.3 is 11.9 Å². The number of hydrogen-bond donors (Lipinski definition) is 2. The van der Waals surface area contributed by atoms with Crippen LogP contribution >= 0.6 is 0 Å². The Morgan fingerprint density at radius 2 is 1.87 bits per heavy atom. The highest BCUT2D eigenvalue weighted by atomic mass is 16.6. The fourth-order valence-corrected chi connectivity index (χ4v) is 7.19. The van der Waals surface area contributed by atoms with Crippen molar-refractivity contribution in [2.45, 2.75) is 64.8 Å². The van der Waals surface area contributed by atoms with Crippen molar-refractivity contribution in [3.8, 4) is 0 Å². The smallest absolute Gasteiger partial charge is 0.340 e. The minimum atomic E-state index is -1.21. The first-order chi connectivity index (χ1) is 18.3. The van der Waals surface area contributed by atoms with E-state index in [2.05, 4.69) is 4.90 Å². The molecule has 0 aromatic heterocycles. The topological polar surface area (TPSA) is 126 Å². The molecule has 1 unspecified atom stereocenters. The van der Waals surface area contributed by atoms with Crippen LogP contribution in [-0.4, -0.2) is 104 Å². The van der Waals surface area contributed by atoms with Gasteiger partial charge < -0.3 is 34.2 Å². The molecule has 216 valence electrons. The maximum atomic E-state index is 14.0. The van der Waals surface area contributed by atoms with Crippen molar-refractivity contribution in [3.63, 3.8) is 0 Å². The van der Waals surface area contributed by atoms with Crippen LogP contribution in [0.2, 0.25) is 0 Å². The summed E-state index contributed by atoms with van der Waals surface area (Å²) in [6.45, 7) is 6.53. The Hall–Kier alpha value is -2.69. The summed E-state index contributed by atoms with van der Waals surface area (Å²) in [6, 6.07) is 0. The number of carbonyl (C=O) groups is 3. The Morgan fingerprint density at radius 3 is 2.49 bits per heavy atom. The van der Waals surface area contributed by atoms with Crippen LogP contribution in [0.25, 0.3) is 0 Å². The van der Waals surface area contributed by atoms with Crippen molar-refractivity contribution >= 4 is 17.7 Å². The standard InChI is InChI=1S/C29H42N2O8/c1-16(32)38-19-13-28(2)18(9-10-20(28)33)22-24(19)29(3)21(15-37-7)39-27(36)17(23(29)26(35)25(22)34)14-31(6)12-8-11-30(4)5/h14,18-21,33,35H,8-13,15H2,1-7H3/b17-14-/t18?,19-,20+,21-,28+,29+/m1/s1. The summed E-state index contributed by atoms with van der Waals surface area (Å²) < 4.78 is 17.2. The molecule has 6 atom stereocenters. The van der Waals surface area contributed by atoms with E-state index in [-0.39, 0.29) is 23.7 Å². The lowest BCUT2D eigenvalue weighted by atomic mass is 9.53. The van der Waals surface area contributed by atoms with Gasteiger partial charge in [-0.3, -0.25) is 9.59 Å². The van der Waals surface area contributed by atoms with Crippen LogP contribution in [-0.2, 0) is 28.6 Å². The second kappa shape index (κ2) is 10.7. The number of allylic oxidation sites excluding steroid dienone is 1. The predicted molar refractivity (Wildman–Crippen MR) is 142 cm³/mol. The second-order valence-electron chi connectivity index (χ2n) is 12.1. The lowest BCUT2D eigenvalue weighted by molar-refractivity contribution is -0.161. The minimum absolute atomic E-state index is 0.00724. The molecule has 0 radical (unpaired) electrons. The number of methoxy groups -OCH3 is 1. The molecule has 0 bridgehead atoms. The van der Waals surface area contributed by atoms with Crippen LogP contribution in [0.5, 0.6) is 0 Å². The normalized spacial score (nSPS) is 35.2. The van der Waals surface area contributed by atoms with E-state index in [0.29, 0.717) is 37.0 Å². The zero-order valence-corrected chi connectivity index (χ0v) is 24.1. The van der Waals surface area contributed by atoms with Gasteiger partial charge in [0.25, 0.3) is 0 Å². The van der Waals surface area contributed by atoms with Gasteiger partial charge in [-0.2, -0.15) is 0 Å². The first-order valence-electron chi connectivity index (χ1n) is 13.6. The number of rotatable bonds is 8. The Kier molecular flexibility index (Phi) is 8.04. The highest BCUT2D eigenvalue weighted by Gasteiger charge is 2.64. The van der Waals surface area contributed by atoms with Gasteiger partial charge in [-0.1, -0.05) is 6.92 Å². The van der Waals surface area contributed by atoms with E-state index in [1.54, 1.807) is 6.20 Å². The van der Waals surface area contributed by atoms with E-state index in [4.69, 9.17) is 14.2 Å². The monoisotopic (exact) mass is 546 g/mol. The largest absolute Gasteiger partial charge is 0.504 e. The summed E-state index contributed by atoms with van der Waals surface area (Å²) in [6.07, 6.45) is 1.40. The number of nitrogens with zero attached hydrogens (tertiary/aromatic N) is 2. The number of ketones is 1. The fraction of sp³-hybridized carbons (Fsp3) is 0.690. The Bertz CT molecular complexity index is 1140. The quantitative estimate of drug-likeness (QED) is 0.345. The third-order valence-electron chi connectivity index (χ3n) is 9.12. The zero-order valence-electron chi connectivity index (χ0n) is 24.1. The highest BCUT2D eigenvalue weighted by Crippen LogP contribution is 2.63. The van der Waals surface area contributed by atoms with E-state index in [1.807, 2.05) is 39.9 Å². The molecule has 10 nitrogen and oxygen atoms in total. The van der Waals surface area contributed by atoms with Crippen molar-refractivity contribution in [2.24, 2.45) is 16.7 Å². The van der Waals surface area contributed by atoms with Crippen molar-refractivity contribution < 1.29 is 38.8 Å². The maximum Gasteiger partial charge on any atom is 0.340 e. The van der Waals surface area contributed by atoms with Gasteiger partial charge in [0.05, 0.1) is 23.7 Å². The van der Waals surface area contributed by atoms with E-state index in [0.717, 1.165) is 13.0 Å². The van der Waals surface area contributed by atoms with E-state index in [1.165, 1.54) is 14.0 Å². The summed E-state index contributed by atoms with van der Waals surface area (Å²) in [4.78, 5) is 43.6. The molecule has 10 heteroatoms. The third kappa shape index (κ3) is 4.80. The molecule has 2 N–H and O–H groups in total. The van der Waals surface area contributed by atoms with Crippen molar-refractivity contribution in [3.05, 3.63) is 34.3 Å². The number of carbonyl (C=O) groups excluding carboxylic acids is 3. The Morgan fingerprint density at radius 1 is 1.18 bits per heavy atom. The Labute approximate surface area is 230 Å². The number of ether oxygens (including phenoxy) is 3. The van der Waals surface area contributed by atoms with Crippen molar-refractivity contribution in [1.29, 1.82) is 0 Å². The minimum Gasteiger partial charge on any atom is -0.504 e. The van der Waals surface area contributed by atoms with Gasteiger partial charge in [0.15, 0.2) is 5.76 Å². The molecular formula is C29H42N2O8. The molecule has 3 aliphatic carbocycles. The number of aliphatic hydroxyl groups is 2. The molecule has 1 saturated carbocycles. The molecule has 1 aliphatic heterocycles. The van der Waals surface area contributed by atoms with E-state index < -0.39 is 52.6 Å². The van der Waals surface area contributed by atoms with Gasteiger partial charge in [-0.05, 0) is 64.7 Å². The SMILES string of the molecule is COC[C@H]1OC(=O)/C(=C\N(C)CCCN(C)C)C2=C(O)C(=O)C3=C([C@H](OC(C)=O)C[C@@]4(C)C3CC[C@@H]4O)[C@]21C. The van der Waals surface area contributed by atoms with Crippen LogP contribution in [0.15, 0.2) is 34.3 Å². The first kappa shape index (κ1) is 29.3. The lowest BCUT2D eigenvalue weighted by Crippen LogP contribution is -2.57. The second-order valence-corrected chi connectivity index (χ2v) is 12.1. The van der Waals surface area contributed by atoms with Gasteiger partial charge in [0.1, 0.15) is 12.2 Å². The number of aliphatic hydroxyl groups excluding tert-OH is 2. The van der Waals surface area contributed by atoms with Crippen LogP contribution in [0.3, 0.4) is 0 Å². The van der Waals surface area contributed by atoms with Crippen LogP contribution < -0.4 is 0 Å². The number of cyclic esters (lactones) is 1. The number of esters is 2. The number of hydrogen-bond acceptors (Lipinski definition) is 10. The van der Waals surface area contributed by atoms with Gasteiger partial charge in [0.2, 0.25) is 5.78 Å². The van der Waals surface area contributed by atoms with Gasteiger partial charge in [-0.25, -0.2) is 4.79 Å². The van der Waals surface area contributed by atoms with Crippen molar-refractivity contribution in [1.82, 2.24) is 9.80 Å². The predicted octanol–water partition coefficient (Wildman–Crippen LogP) is 2.14. The van der Waals surface area contributed by atoms with Crippen molar-refractivity contribution in [2.75, 3.05) is 47.9 Å². The van der Waals surface area contributed by atoms with E-state index >= 15 is 0 Å².